The molecule has 0 radical (unpaired) electrons. The van der Waals surface area contributed by atoms with Crippen molar-refractivity contribution in [3.63, 3.8) is 0 Å². The first-order valence-electron chi connectivity index (χ1n) is 7.33. The Morgan fingerprint density at radius 2 is 2.21 bits per heavy atom. The second-order valence-electron chi connectivity index (χ2n) is 5.02. The number of thioether (sulfide) groups is 1. The number of hydrogen-bond donors (Lipinski definition) is 0. The summed E-state index contributed by atoms with van der Waals surface area (Å²) in [5, 5.41) is -0.0278. The Bertz CT molecular complexity index is 717. The van der Waals surface area contributed by atoms with E-state index in [9.17, 15) is 4.79 Å². The molecule has 0 saturated carbocycles. The van der Waals surface area contributed by atoms with E-state index in [1.165, 1.54) is 0 Å². The second kappa shape index (κ2) is 7.85. The summed E-state index contributed by atoms with van der Waals surface area (Å²) in [6.45, 7) is 0.620. The highest BCUT2D eigenvalue weighted by Gasteiger charge is 2.31. The van der Waals surface area contributed by atoms with E-state index < -0.39 is 0 Å². The van der Waals surface area contributed by atoms with Gasteiger partial charge >= 0.3 is 6.01 Å². The van der Waals surface area contributed by atoms with Gasteiger partial charge in [0.25, 0.3) is 5.91 Å². The van der Waals surface area contributed by atoms with Crippen molar-refractivity contribution in [2.45, 2.75) is 5.37 Å². The third-order valence-corrected chi connectivity index (χ3v) is 5.42. The summed E-state index contributed by atoms with van der Waals surface area (Å²) in [5.74, 6) is 1.58. The maximum absolute atomic E-state index is 12.5. The monoisotopic (exact) mass is 409 g/mol. The van der Waals surface area contributed by atoms with Gasteiger partial charge in [-0.2, -0.15) is 0 Å². The Morgan fingerprint density at radius 1 is 1.42 bits per heavy atom. The van der Waals surface area contributed by atoms with E-state index in [4.69, 9.17) is 9.47 Å². The normalized spacial score (nSPS) is 16.9. The molecule has 24 heavy (non-hydrogen) atoms. The van der Waals surface area contributed by atoms with E-state index >= 15 is 0 Å². The molecule has 1 amide bonds. The smallest absolute Gasteiger partial charge is 0.316 e. The van der Waals surface area contributed by atoms with Crippen molar-refractivity contribution in [2.24, 2.45) is 0 Å². The van der Waals surface area contributed by atoms with Crippen molar-refractivity contribution >= 4 is 33.6 Å². The van der Waals surface area contributed by atoms with Gasteiger partial charge in [0.2, 0.25) is 0 Å². The Balaban J connectivity index is 1.68. The Hall–Kier alpha value is -1.80. The lowest BCUT2D eigenvalue weighted by atomic mass is 10.2. The van der Waals surface area contributed by atoms with E-state index in [2.05, 4.69) is 25.9 Å². The van der Waals surface area contributed by atoms with Gasteiger partial charge in [0.05, 0.1) is 11.6 Å². The van der Waals surface area contributed by atoms with E-state index in [0.29, 0.717) is 6.54 Å². The molecule has 126 valence electrons. The fourth-order valence-corrected chi connectivity index (χ4v) is 4.23. The predicted molar refractivity (Wildman–Crippen MR) is 95.1 cm³/mol. The fraction of sp³-hybridized carbons (Fsp3) is 0.312. The molecule has 1 atom stereocenters. The molecule has 6 nitrogen and oxygen atoms in total. The molecule has 1 fully saturated rings. The lowest BCUT2D eigenvalue weighted by Gasteiger charge is -2.24. The van der Waals surface area contributed by atoms with Crippen LogP contribution in [0.25, 0.3) is 0 Å². The van der Waals surface area contributed by atoms with E-state index in [0.717, 1.165) is 21.5 Å². The van der Waals surface area contributed by atoms with Crippen molar-refractivity contribution in [2.75, 3.05) is 26.0 Å². The molecule has 1 saturated heterocycles. The molecule has 0 bridgehead atoms. The molecule has 1 aromatic heterocycles. The minimum Gasteiger partial charge on any atom is -0.496 e. The number of hydrogen-bond acceptors (Lipinski definition) is 6. The molecule has 3 rings (SSSR count). The highest BCUT2D eigenvalue weighted by Crippen LogP contribution is 2.40. The van der Waals surface area contributed by atoms with Crippen LogP contribution in [0.4, 0.5) is 0 Å². The number of aromatic nitrogens is 2. The summed E-state index contributed by atoms with van der Waals surface area (Å²) in [6.07, 6.45) is 3.16. The van der Waals surface area contributed by atoms with Gasteiger partial charge in [0.1, 0.15) is 11.1 Å². The zero-order valence-electron chi connectivity index (χ0n) is 13.0. The maximum Gasteiger partial charge on any atom is 0.316 e. The van der Waals surface area contributed by atoms with Crippen molar-refractivity contribution < 1.29 is 14.3 Å². The second-order valence-corrected chi connectivity index (χ2v) is 7.07. The lowest BCUT2D eigenvalue weighted by Crippen LogP contribution is -2.34. The standard InChI is InChI=1S/C16H16BrN3O3S/c1-22-13-4-3-11(9-12(13)17)15-20(7-8-24-15)14(21)10-23-16-18-5-2-6-19-16/h2-6,9,15H,7-8,10H2,1H3. The van der Waals surface area contributed by atoms with Crippen LogP contribution >= 0.6 is 27.7 Å². The first-order valence-corrected chi connectivity index (χ1v) is 9.17. The molecule has 1 aliphatic rings. The third-order valence-electron chi connectivity index (χ3n) is 3.54. The molecule has 1 aliphatic heterocycles. The number of carbonyl (C=O) groups excluding carboxylic acids is 1. The Labute approximate surface area is 152 Å². The minimum atomic E-state index is -0.0793. The van der Waals surface area contributed by atoms with Gasteiger partial charge in [-0.05, 0) is 39.7 Å². The predicted octanol–water partition coefficient (Wildman–Crippen LogP) is 2.90. The summed E-state index contributed by atoms with van der Waals surface area (Å²) in [6, 6.07) is 7.78. The van der Waals surface area contributed by atoms with Crippen LogP contribution in [0, 0.1) is 0 Å². The summed E-state index contributed by atoms with van der Waals surface area (Å²) >= 11 is 5.23. The topological polar surface area (TPSA) is 64.5 Å². The number of carbonyl (C=O) groups is 1. The number of ether oxygens (including phenoxy) is 2. The molecule has 0 spiro atoms. The number of methoxy groups -OCH3 is 1. The third kappa shape index (κ3) is 3.81. The Kier molecular flexibility index (Phi) is 5.57. The molecule has 0 aliphatic carbocycles. The molecule has 2 heterocycles. The molecule has 2 aromatic rings. The van der Waals surface area contributed by atoms with Crippen LogP contribution in [-0.4, -0.2) is 46.8 Å². The average Bonchev–Trinajstić information content (AvgIpc) is 3.10. The van der Waals surface area contributed by atoms with Gasteiger partial charge in [-0.25, -0.2) is 9.97 Å². The SMILES string of the molecule is COc1ccc(C2SCCN2C(=O)COc2ncccn2)cc1Br. The van der Waals surface area contributed by atoms with Gasteiger partial charge in [0.15, 0.2) is 6.61 Å². The largest absolute Gasteiger partial charge is 0.496 e. The zero-order valence-corrected chi connectivity index (χ0v) is 15.4. The molecule has 1 aromatic carbocycles. The van der Waals surface area contributed by atoms with Crippen LogP contribution in [0.2, 0.25) is 0 Å². The van der Waals surface area contributed by atoms with Crippen LogP contribution in [0.5, 0.6) is 11.8 Å². The summed E-state index contributed by atoms with van der Waals surface area (Å²) in [4.78, 5) is 22.2. The number of amides is 1. The van der Waals surface area contributed by atoms with Crippen molar-refractivity contribution in [1.82, 2.24) is 14.9 Å². The van der Waals surface area contributed by atoms with Crippen LogP contribution in [0.1, 0.15) is 10.9 Å². The van der Waals surface area contributed by atoms with Crippen LogP contribution in [-0.2, 0) is 4.79 Å². The summed E-state index contributed by atoms with van der Waals surface area (Å²) in [5.41, 5.74) is 1.05. The van der Waals surface area contributed by atoms with E-state index in [1.54, 1.807) is 37.3 Å². The minimum absolute atomic E-state index is 0.0278. The van der Waals surface area contributed by atoms with Gasteiger partial charge in [-0.1, -0.05) is 6.07 Å². The molecule has 0 N–H and O–H groups in total. The molecule has 1 unspecified atom stereocenters. The van der Waals surface area contributed by atoms with Crippen molar-refractivity contribution in [3.05, 3.63) is 46.7 Å². The summed E-state index contributed by atoms with van der Waals surface area (Å²) in [7, 11) is 1.63. The lowest BCUT2D eigenvalue weighted by molar-refractivity contribution is -0.133. The molecular formula is C16H16BrN3O3S. The number of halogens is 1. The van der Waals surface area contributed by atoms with Gasteiger partial charge in [-0.15, -0.1) is 11.8 Å². The molecular weight excluding hydrogens is 394 g/mol. The maximum atomic E-state index is 12.5. The summed E-state index contributed by atoms with van der Waals surface area (Å²) < 4.78 is 11.5. The molecule has 8 heteroatoms. The number of rotatable bonds is 5. The van der Waals surface area contributed by atoms with Crippen LogP contribution in [0.3, 0.4) is 0 Å². The van der Waals surface area contributed by atoms with E-state index in [-0.39, 0.29) is 23.9 Å². The van der Waals surface area contributed by atoms with Crippen LogP contribution < -0.4 is 9.47 Å². The van der Waals surface area contributed by atoms with E-state index in [1.807, 2.05) is 23.1 Å². The zero-order chi connectivity index (χ0) is 16.9. The Morgan fingerprint density at radius 3 is 2.92 bits per heavy atom. The fourth-order valence-electron chi connectivity index (χ4n) is 2.41. The first kappa shape index (κ1) is 17.0. The van der Waals surface area contributed by atoms with Gasteiger partial charge in [-0.3, -0.25) is 4.79 Å². The van der Waals surface area contributed by atoms with Crippen LogP contribution in [0.15, 0.2) is 41.1 Å². The van der Waals surface area contributed by atoms with Gasteiger partial charge in [0, 0.05) is 24.7 Å². The van der Waals surface area contributed by atoms with Crippen molar-refractivity contribution in [1.29, 1.82) is 0 Å². The first-order chi connectivity index (χ1) is 11.7. The van der Waals surface area contributed by atoms with Gasteiger partial charge < -0.3 is 14.4 Å². The van der Waals surface area contributed by atoms with Crippen molar-refractivity contribution in [3.8, 4) is 11.8 Å². The average molecular weight is 410 g/mol. The highest BCUT2D eigenvalue weighted by molar-refractivity contribution is 9.10. The quantitative estimate of drug-likeness (QED) is 0.756. The number of benzene rings is 1. The highest BCUT2D eigenvalue weighted by atomic mass is 79.9. The number of nitrogens with zero attached hydrogens (tertiary/aromatic N) is 3.